The third kappa shape index (κ3) is 2.65. The second-order valence-electron chi connectivity index (χ2n) is 7.74. The number of piperidine rings is 1. The largest absolute Gasteiger partial charge is 0.496 e. The highest BCUT2D eigenvalue weighted by molar-refractivity contribution is 6.16. The average Bonchev–Trinajstić information content (AvgIpc) is 3.19. The summed E-state index contributed by atoms with van der Waals surface area (Å²) in [5.41, 5.74) is 0.853. The molecule has 0 radical (unpaired) electrons. The van der Waals surface area contributed by atoms with Crippen molar-refractivity contribution in [3.8, 4) is 5.75 Å². The van der Waals surface area contributed by atoms with Crippen LogP contribution in [-0.4, -0.2) is 55.5 Å². The van der Waals surface area contributed by atoms with Crippen LogP contribution in [0.5, 0.6) is 5.75 Å². The first-order valence-corrected chi connectivity index (χ1v) is 9.47. The van der Waals surface area contributed by atoms with E-state index in [9.17, 15) is 9.59 Å². The standard InChI is InChI=1S/C21H26N2O4/c1-4-13-12-23-9-8-21(17(23)10-14(13)11-18(24)27-3)20(25)19-15(22-21)6-5-7-16(19)26-2/h4-7,13-14,17,22H,1,8-12H2,2-3H3/t13-,14-,17-,21?/m1/s1. The van der Waals surface area contributed by atoms with Gasteiger partial charge in [-0.3, -0.25) is 14.5 Å². The SMILES string of the molecule is C=C[C@@H]1CN2CCC3(Nc4cccc(OC)c4C3=O)[C@H]2C[C@@H]1CC(=O)OC. The summed E-state index contributed by atoms with van der Waals surface area (Å²) >= 11 is 0. The van der Waals surface area contributed by atoms with Crippen LogP contribution in [-0.2, 0) is 9.53 Å². The van der Waals surface area contributed by atoms with Crippen molar-refractivity contribution in [3.05, 3.63) is 36.4 Å². The Labute approximate surface area is 159 Å². The molecule has 0 saturated carbocycles. The van der Waals surface area contributed by atoms with Gasteiger partial charge in [0.05, 0.1) is 19.8 Å². The molecule has 0 aliphatic carbocycles. The third-order valence-corrected chi connectivity index (χ3v) is 6.58. The van der Waals surface area contributed by atoms with Crippen molar-refractivity contribution in [2.24, 2.45) is 11.8 Å². The van der Waals surface area contributed by atoms with Crippen LogP contribution in [0.25, 0.3) is 0 Å². The second-order valence-corrected chi connectivity index (χ2v) is 7.74. The summed E-state index contributed by atoms with van der Waals surface area (Å²) < 4.78 is 10.3. The number of carbonyl (C=O) groups is 2. The minimum absolute atomic E-state index is 0.0490. The van der Waals surface area contributed by atoms with E-state index in [1.54, 1.807) is 7.11 Å². The van der Waals surface area contributed by atoms with Gasteiger partial charge in [0.2, 0.25) is 0 Å². The second kappa shape index (κ2) is 6.68. The molecule has 2 saturated heterocycles. The molecule has 144 valence electrons. The highest BCUT2D eigenvalue weighted by Gasteiger charge is 2.59. The van der Waals surface area contributed by atoms with Crippen LogP contribution in [0.3, 0.4) is 0 Å². The van der Waals surface area contributed by atoms with Gasteiger partial charge < -0.3 is 14.8 Å². The Balaban J connectivity index is 1.66. The van der Waals surface area contributed by atoms with E-state index in [4.69, 9.17) is 9.47 Å². The minimum Gasteiger partial charge on any atom is -0.496 e. The maximum Gasteiger partial charge on any atom is 0.305 e. The number of hydrogen-bond donors (Lipinski definition) is 1. The Morgan fingerprint density at radius 1 is 1.44 bits per heavy atom. The number of ether oxygens (including phenoxy) is 2. The van der Waals surface area contributed by atoms with Crippen molar-refractivity contribution in [3.63, 3.8) is 0 Å². The summed E-state index contributed by atoms with van der Waals surface area (Å²) in [6.07, 6.45) is 3.82. The lowest BCUT2D eigenvalue weighted by molar-refractivity contribution is -0.142. The first-order valence-electron chi connectivity index (χ1n) is 9.47. The number of nitrogens with one attached hydrogen (secondary N) is 1. The van der Waals surface area contributed by atoms with Gasteiger partial charge in [-0.05, 0) is 36.8 Å². The van der Waals surface area contributed by atoms with E-state index in [1.807, 2.05) is 24.3 Å². The number of benzene rings is 1. The number of fused-ring (bicyclic) bond motifs is 3. The number of ketones is 1. The summed E-state index contributed by atoms with van der Waals surface area (Å²) in [6, 6.07) is 5.72. The van der Waals surface area contributed by atoms with Crippen LogP contribution < -0.4 is 10.1 Å². The Kier molecular flexibility index (Phi) is 4.46. The summed E-state index contributed by atoms with van der Waals surface area (Å²) in [7, 11) is 3.01. The van der Waals surface area contributed by atoms with Gasteiger partial charge in [0.15, 0.2) is 5.78 Å². The zero-order valence-corrected chi connectivity index (χ0v) is 15.9. The fourth-order valence-electron chi connectivity index (χ4n) is 5.17. The lowest BCUT2D eigenvalue weighted by Gasteiger charge is -2.44. The zero-order valence-electron chi connectivity index (χ0n) is 15.9. The molecule has 0 bridgehead atoms. The molecular formula is C21H26N2O4. The molecule has 6 nitrogen and oxygen atoms in total. The highest BCUT2D eigenvalue weighted by Crippen LogP contribution is 2.49. The van der Waals surface area contributed by atoms with Crippen LogP contribution in [0.1, 0.15) is 29.6 Å². The minimum atomic E-state index is -0.641. The summed E-state index contributed by atoms with van der Waals surface area (Å²) in [6.45, 7) is 5.64. The number of anilines is 1. The number of hydrogen-bond acceptors (Lipinski definition) is 6. The van der Waals surface area contributed by atoms with Crippen molar-refractivity contribution in [1.82, 2.24) is 4.90 Å². The van der Waals surface area contributed by atoms with E-state index in [0.29, 0.717) is 17.7 Å². The van der Waals surface area contributed by atoms with E-state index >= 15 is 0 Å². The van der Waals surface area contributed by atoms with Crippen LogP contribution in [0.4, 0.5) is 5.69 Å². The molecule has 0 amide bonds. The van der Waals surface area contributed by atoms with Crippen molar-refractivity contribution >= 4 is 17.4 Å². The molecule has 1 spiro atoms. The molecule has 3 aliphatic heterocycles. The van der Waals surface area contributed by atoms with Crippen LogP contribution in [0, 0.1) is 11.8 Å². The summed E-state index contributed by atoms with van der Waals surface area (Å²) in [5, 5.41) is 3.54. The number of rotatable bonds is 4. The Hall–Kier alpha value is -2.34. The van der Waals surface area contributed by atoms with Gasteiger partial charge in [-0.2, -0.15) is 0 Å². The fourth-order valence-corrected chi connectivity index (χ4v) is 5.17. The first-order chi connectivity index (χ1) is 13.0. The lowest BCUT2D eigenvalue weighted by Crippen LogP contribution is -2.57. The molecule has 1 aromatic carbocycles. The number of nitrogens with zero attached hydrogens (tertiary/aromatic N) is 1. The Morgan fingerprint density at radius 3 is 2.96 bits per heavy atom. The molecule has 4 atom stereocenters. The van der Waals surface area contributed by atoms with Gasteiger partial charge in [0.25, 0.3) is 0 Å². The lowest BCUT2D eigenvalue weighted by atomic mass is 9.74. The van der Waals surface area contributed by atoms with Gasteiger partial charge in [-0.15, -0.1) is 6.58 Å². The molecule has 1 unspecified atom stereocenters. The number of methoxy groups -OCH3 is 2. The smallest absolute Gasteiger partial charge is 0.305 e. The molecule has 6 heteroatoms. The molecule has 1 N–H and O–H groups in total. The van der Waals surface area contributed by atoms with Crippen molar-refractivity contribution in [2.45, 2.75) is 30.8 Å². The van der Waals surface area contributed by atoms with Crippen LogP contribution in [0.2, 0.25) is 0 Å². The monoisotopic (exact) mass is 370 g/mol. The predicted molar refractivity (Wildman–Crippen MR) is 102 cm³/mol. The predicted octanol–water partition coefficient (Wildman–Crippen LogP) is 2.50. The molecule has 3 aliphatic rings. The van der Waals surface area contributed by atoms with Gasteiger partial charge in [0.1, 0.15) is 11.3 Å². The number of esters is 1. The fraction of sp³-hybridized carbons (Fsp3) is 0.524. The molecule has 27 heavy (non-hydrogen) atoms. The van der Waals surface area contributed by atoms with Gasteiger partial charge in [0, 0.05) is 31.2 Å². The summed E-state index contributed by atoms with van der Waals surface area (Å²) in [5.74, 6) is 0.876. The maximum atomic E-state index is 13.5. The van der Waals surface area contributed by atoms with Crippen molar-refractivity contribution in [2.75, 3.05) is 32.6 Å². The van der Waals surface area contributed by atoms with Gasteiger partial charge in [-0.25, -0.2) is 0 Å². The van der Waals surface area contributed by atoms with E-state index in [-0.39, 0.29) is 29.6 Å². The van der Waals surface area contributed by atoms with Crippen LogP contribution in [0.15, 0.2) is 30.9 Å². The molecule has 4 rings (SSSR count). The van der Waals surface area contributed by atoms with Gasteiger partial charge >= 0.3 is 5.97 Å². The third-order valence-electron chi connectivity index (χ3n) is 6.58. The van der Waals surface area contributed by atoms with Crippen molar-refractivity contribution in [1.29, 1.82) is 0 Å². The quantitative estimate of drug-likeness (QED) is 0.649. The van der Waals surface area contributed by atoms with E-state index < -0.39 is 5.54 Å². The average molecular weight is 370 g/mol. The molecule has 2 fully saturated rings. The first kappa shape index (κ1) is 18.0. The highest BCUT2D eigenvalue weighted by atomic mass is 16.5. The molecule has 1 aromatic rings. The maximum absolute atomic E-state index is 13.5. The van der Waals surface area contributed by atoms with E-state index in [2.05, 4.69) is 16.8 Å². The van der Waals surface area contributed by atoms with E-state index in [0.717, 1.165) is 31.6 Å². The Morgan fingerprint density at radius 2 is 2.26 bits per heavy atom. The van der Waals surface area contributed by atoms with Gasteiger partial charge in [-0.1, -0.05) is 12.1 Å². The zero-order chi connectivity index (χ0) is 19.2. The van der Waals surface area contributed by atoms with Crippen molar-refractivity contribution < 1.29 is 19.1 Å². The number of carbonyl (C=O) groups excluding carboxylic acids is 2. The van der Waals surface area contributed by atoms with Crippen LogP contribution >= 0.6 is 0 Å². The van der Waals surface area contributed by atoms with E-state index in [1.165, 1.54) is 7.11 Å². The molecule has 0 aromatic heterocycles. The number of Topliss-reactive ketones (excluding diaryl/α,β-unsaturated/α-hetero) is 1. The Bertz CT molecular complexity index is 792. The normalized spacial score (nSPS) is 31.9. The molecular weight excluding hydrogens is 344 g/mol. The molecule has 3 heterocycles. The topological polar surface area (TPSA) is 67.9 Å². The summed E-state index contributed by atoms with van der Waals surface area (Å²) in [4.78, 5) is 27.8.